The van der Waals surface area contributed by atoms with Crippen LogP contribution in [-0.4, -0.2) is 37.1 Å². The number of fused-ring (bicyclic) bond motifs is 1. The highest BCUT2D eigenvalue weighted by molar-refractivity contribution is 7.16. The first-order valence-electron chi connectivity index (χ1n) is 6.94. The van der Waals surface area contributed by atoms with Gasteiger partial charge in [-0.3, -0.25) is 9.59 Å². The van der Waals surface area contributed by atoms with Crippen LogP contribution < -0.4 is 20.1 Å². The molecule has 1 aliphatic rings. The molecule has 0 bridgehead atoms. The zero-order valence-corrected chi connectivity index (χ0v) is 13.4. The number of hydrogen-bond acceptors (Lipinski definition) is 5. The van der Waals surface area contributed by atoms with E-state index in [9.17, 15) is 9.59 Å². The molecule has 2 rings (SSSR count). The summed E-state index contributed by atoms with van der Waals surface area (Å²) < 4.78 is 11.1. The van der Waals surface area contributed by atoms with Gasteiger partial charge < -0.3 is 20.1 Å². The summed E-state index contributed by atoms with van der Waals surface area (Å²) in [5.74, 6) is 0.248. The van der Waals surface area contributed by atoms with Crippen LogP contribution in [0.15, 0.2) is 0 Å². The lowest BCUT2D eigenvalue weighted by Crippen LogP contribution is -2.30. The summed E-state index contributed by atoms with van der Waals surface area (Å²) >= 11 is 1.10. The SMILES string of the molecule is CC(C)NC(=O)c1sc(C(=O)NC(C)C)c2c1OCCO2. The molecule has 2 heterocycles. The fourth-order valence-electron chi connectivity index (χ4n) is 1.91. The number of carbonyl (C=O) groups is 2. The van der Waals surface area contributed by atoms with E-state index in [4.69, 9.17) is 9.47 Å². The second kappa shape index (κ2) is 6.34. The summed E-state index contributed by atoms with van der Waals surface area (Å²) in [5, 5.41) is 5.61. The number of hydrogen-bond donors (Lipinski definition) is 2. The Morgan fingerprint density at radius 2 is 1.29 bits per heavy atom. The summed E-state index contributed by atoms with van der Waals surface area (Å²) in [5.41, 5.74) is 0. The minimum absolute atomic E-state index is 0.00713. The van der Waals surface area contributed by atoms with Crippen molar-refractivity contribution in [2.75, 3.05) is 13.2 Å². The highest BCUT2D eigenvalue weighted by Gasteiger charge is 2.31. The molecule has 1 aromatic rings. The van der Waals surface area contributed by atoms with Crippen LogP contribution in [0.25, 0.3) is 0 Å². The van der Waals surface area contributed by atoms with Gasteiger partial charge in [-0.05, 0) is 27.7 Å². The topological polar surface area (TPSA) is 76.7 Å². The van der Waals surface area contributed by atoms with E-state index in [1.165, 1.54) is 0 Å². The highest BCUT2D eigenvalue weighted by atomic mass is 32.1. The van der Waals surface area contributed by atoms with E-state index in [1.807, 2.05) is 27.7 Å². The molecule has 2 amide bonds. The molecular formula is C14H20N2O4S. The average molecular weight is 312 g/mol. The molecule has 0 saturated heterocycles. The van der Waals surface area contributed by atoms with Crippen LogP contribution >= 0.6 is 11.3 Å². The number of amides is 2. The standard InChI is InChI=1S/C14H20N2O4S/c1-7(2)15-13(17)11-9-10(20-6-5-19-9)12(21-11)14(18)16-8(3)4/h7-8H,5-6H2,1-4H3,(H,15,17)(H,16,18). The van der Waals surface area contributed by atoms with Gasteiger partial charge in [-0.15, -0.1) is 11.3 Å². The lowest BCUT2D eigenvalue weighted by molar-refractivity contribution is 0.0923. The second-order valence-electron chi connectivity index (χ2n) is 5.37. The summed E-state index contributed by atoms with van der Waals surface area (Å²) in [4.78, 5) is 25.2. The monoisotopic (exact) mass is 312 g/mol. The molecule has 1 aliphatic heterocycles. The predicted molar refractivity (Wildman–Crippen MR) is 80.5 cm³/mol. The maximum atomic E-state index is 12.2. The van der Waals surface area contributed by atoms with Gasteiger partial charge in [0.25, 0.3) is 11.8 Å². The van der Waals surface area contributed by atoms with Gasteiger partial charge in [-0.2, -0.15) is 0 Å². The van der Waals surface area contributed by atoms with E-state index in [0.717, 1.165) is 11.3 Å². The fraction of sp³-hybridized carbons (Fsp3) is 0.571. The van der Waals surface area contributed by atoms with Crippen LogP contribution in [0.4, 0.5) is 0 Å². The molecule has 0 aliphatic carbocycles. The Labute approximate surface area is 127 Å². The van der Waals surface area contributed by atoms with Crippen molar-refractivity contribution < 1.29 is 19.1 Å². The maximum Gasteiger partial charge on any atom is 0.265 e. The third kappa shape index (κ3) is 3.47. The summed E-state index contributed by atoms with van der Waals surface area (Å²) in [6.07, 6.45) is 0. The number of nitrogens with one attached hydrogen (secondary N) is 2. The summed E-state index contributed by atoms with van der Waals surface area (Å²) in [6, 6.07) is 0.0143. The van der Waals surface area contributed by atoms with Crippen molar-refractivity contribution in [3.63, 3.8) is 0 Å². The molecule has 2 N–H and O–H groups in total. The van der Waals surface area contributed by atoms with Crippen molar-refractivity contribution in [1.82, 2.24) is 10.6 Å². The highest BCUT2D eigenvalue weighted by Crippen LogP contribution is 2.44. The quantitative estimate of drug-likeness (QED) is 0.889. The van der Waals surface area contributed by atoms with E-state index in [2.05, 4.69) is 10.6 Å². The second-order valence-corrected chi connectivity index (χ2v) is 6.39. The van der Waals surface area contributed by atoms with Gasteiger partial charge in [-0.1, -0.05) is 0 Å². The Balaban J connectivity index is 2.36. The van der Waals surface area contributed by atoms with E-state index in [0.29, 0.717) is 34.5 Å². The lowest BCUT2D eigenvalue weighted by atomic mass is 10.3. The van der Waals surface area contributed by atoms with Gasteiger partial charge in [0.15, 0.2) is 11.5 Å². The number of carbonyl (C=O) groups excluding carboxylic acids is 2. The van der Waals surface area contributed by atoms with Crippen LogP contribution in [0.5, 0.6) is 11.5 Å². The Bertz CT molecular complexity index is 505. The van der Waals surface area contributed by atoms with E-state index < -0.39 is 0 Å². The van der Waals surface area contributed by atoms with Crippen LogP contribution in [0.3, 0.4) is 0 Å². The molecule has 116 valence electrons. The number of rotatable bonds is 4. The Hall–Kier alpha value is -1.76. The minimum Gasteiger partial charge on any atom is -0.484 e. The zero-order chi connectivity index (χ0) is 15.6. The van der Waals surface area contributed by atoms with Crippen LogP contribution in [0, 0.1) is 0 Å². The van der Waals surface area contributed by atoms with Gasteiger partial charge in [-0.25, -0.2) is 0 Å². The Kier molecular flexibility index (Phi) is 4.72. The van der Waals surface area contributed by atoms with E-state index in [1.54, 1.807) is 0 Å². The molecule has 6 nitrogen and oxygen atoms in total. The van der Waals surface area contributed by atoms with Gasteiger partial charge in [0.1, 0.15) is 23.0 Å². The van der Waals surface area contributed by atoms with Crippen molar-refractivity contribution in [2.45, 2.75) is 39.8 Å². The van der Waals surface area contributed by atoms with Crippen LogP contribution in [0.2, 0.25) is 0 Å². The third-order valence-corrected chi connectivity index (χ3v) is 3.80. The lowest BCUT2D eigenvalue weighted by Gasteiger charge is -2.17. The number of ether oxygens (including phenoxy) is 2. The van der Waals surface area contributed by atoms with E-state index in [-0.39, 0.29) is 23.9 Å². The largest absolute Gasteiger partial charge is 0.484 e. The molecule has 0 fully saturated rings. The molecule has 21 heavy (non-hydrogen) atoms. The third-order valence-electron chi connectivity index (χ3n) is 2.65. The van der Waals surface area contributed by atoms with Gasteiger partial charge in [0.2, 0.25) is 0 Å². The molecule has 1 aromatic heterocycles. The Morgan fingerprint density at radius 3 is 1.62 bits per heavy atom. The Morgan fingerprint density at radius 1 is 0.905 bits per heavy atom. The maximum absolute atomic E-state index is 12.2. The van der Waals surface area contributed by atoms with E-state index >= 15 is 0 Å². The van der Waals surface area contributed by atoms with Crippen molar-refractivity contribution >= 4 is 23.2 Å². The molecule has 0 atom stereocenters. The minimum atomic E-state index is -0.250. The molecule has 0 radical (unpaired) electrons. The van der Waals surface area contributed by atoms with Gasteiger partial charge >= 0.3 is 0 Å². The molecule has 7 heteroatoms. The first kappa shape index (κ1) is 15.6. The predicted octanol–water partition coefficient (Wildman–Crippen LogP) is 1.80. The summed E-state index contributed by atoms with van der Waals surface area (Å²) in [7, 11) is 0. The first-order valence-corrected chi connectivity index (χ1v) is 7.76. The van der Waals surface area contributed by atoms with Crippen molar-refractivity contribution in [1.29, 1.82) is 0 Å². The van der Waals surface area contributed by atoms with Crippen LogP contribution in [0.1, 0.15) is 47.0 Å². The molecular weight excluding hydrogens is 292 g/mol. The molecule has 0 aromatic carbocycles. The van der Waals surface area contributed by atoms with Crippen molar-refractivity contribution in [3.05, 3.63) is 9.75 Å². The average Bonchev–Trinajstić information content (AvgIpc) is 2.76. The molecule has 0 unspecified atom stereocenters. The van der Waals surface area contributed by atoms with Gasteiger partial charge in [0.05, 0.1) is 0 Å². The number of thiophene rings is 1. The smallest absolute Gasteiger partial charge is 0.265 e. The van der Waals surface area contributed by atoms with Crippen LogP contribution in [-0.2, 0) is 0 Å². The van der Waals surface area contributed by atoms with Crippen molar-refractivity contribution in [2.24, 2.45) is 0 Å². The summed E-state index contributed by atoms with van der Waals surface area (Å²) in [6.45, 7) is 8.25. The van der Waals surface area contributed by atoms with Crippen molar-refractivity contribution in [3.8, 4) is 11.5 Å². The zero-order valence-electron chi connectivity index (χ0n) is 12.6. The fourth-order valence-corrected chi connectivity index (χ4v) is 2.90. The molecule has 0 spiro atoms. The molecule has 0 saturated carbocycles. The normalized spacial score (nSPS) is 13.4. The first-order chi connectivity index (χ1) is 9.90. The van der Waals surface area contributed by atoms with Gasteiger partial charge in [0, 0.05) is 12.1 Å².